The topological polar surface area (TPSA) is 8.17 Å². The molecule has 0 unspecified atom stereocenters. The zero-order valence-corrected chi connectivity index (χ0v) is 35.1. The Bertz CT molecular complexity index is 3670. The first-order valence-corrected chi connectivity index (χ1v) is 22.0. The SMILES string of the molecule is c1ccc(-c2cc(-c3cccc4ccccc34)cc(-n3c4ccccc4c4cc(-c5ccccc5-c5ccccc5N(c5ccccc5)c5ccc6ccccc6c5)ccc43)c2)cc1. The van der Waals surface area contributed by atoms with E-state index in [0.29, 0.717) is 0 Å². The van der Waals surface area contributed by atoms with Gasteiger partial charge in [0.15, 0.2) is 0 Å². The summed E-state index contributed by atoms with van der Waals surface area (Å²) >= 11 is 0. The molecule has 0 spiro atoms. The Labute approximate surface area is 373 Å². The number of nitrogens with zero attached hydrogens (tertiary/aromatic N) is 2. The maximum atomic E-state index is 2.46. The fraction of sp³-hybridized carbons (Fsp3) is 0. The van der Waals surface area contributed by atoms with Gasteiger partial charge in [0.25, 0.3) is 0 Å². The molecule has 300 valence electrons. The van der Waals surface area contributed by atoms with Gasteiger partial charge in [-0.3, -0.25) is 0 Å². The quantitative estimate of drug-likeness (QED) is 0.148. The third-order valence-corrected chi connectivity index (χ3v) is 12.7. The van der Waals surface area contributed by atoms with E-state index in [4.69, 9.17) is 0 Å². The van der Waals surface area contributed by atoms with Crippen molar-refractivity contribution in [2.24, 2.45) is 0 Å². The summed E-state index contributed by atoms with van der Waals surface area (Å²) in [6.07, 6.45) is 0. The minimum absolute atomic E-state index is 1.11. The van der Waals surface area contributed by atoms with Gasteiger partial charge in [-0.1, -0.05) is 188 Å². The monoisotopic (exact) mass is 814 g/mol. The van der Waals surface area contributed by atoms with Crippen molar-refractivity contribution in [2.45, 2.75) is 0 Å². The summed E-state index contributed by atoms with van der Waals surface area (Å²) in [4.78, 5) is 2.39. The van der Waals surface area contributed by atoms with Gasteiger partial charge in [0.2, 0.25) is 0 Å². The summed E-state index contributed by atoms with van der Waals surface area (Å²) in [6, 6.07) is 92.8. The van der Waals surface area contributed by atoms with E-state index in [-0.39, 0.29) is 0 Å². The van der Waals surface area contributed by atoms with Gasteiger partial charge in [0, 0.05) is 33.4 Å². The number of hydrogen-bond acceptors (Lipinski definition) is 1. The normalized spacial score (nSPS) is 11.4. The second-order valence-corrected chi connectivity index (χ2v) is 16.5. The first-order chi connectivity index (χ1) is 31.7. The highest BCUT2D eigenvalue weighted by Gasteiger charge is 2.21. The second-order valence-electron chi connectivity index (χ2n) is 16.5. The molecule has 2 heteroatoms. The lowest BCUT2D eigenvalue weighted by Gasteiger charge is -2.28. The first-order valence-electron chi connectivity index (χ1n) is 22.0. The molecule has 0 atom stereocenters. The van der Waals surface area contributed by atoms with E-state index >= 15 is 0 Å². The Morgan fingerprint density at radius 1 is 0.266 bits per heavy atom. The highest BCUT2D eigenvalue weighted by Crippen LogP contribution is 2.45. The number of rotatable bonds is 8. The van der Waals surface area contributed by atoms with Crippen LogP contribution in [0, 0.1) is 0 Å². The zero-order chi connectivity index (χ0) is 42.4. The molecular weight excluding hydrogens is 773 g/mol. The van der Waals surface area contributed by atoms with Crippen molar-refractivity contribution in [1.82, 2.24) is 4.57 Å². The number of fused-ring (bicyclic) bond motifs is 5. The van der Waals surface area contributed by atoms with Gasteiger partial charge in [-0.2, -0.15) is 0 Å². The summed E-state index contributed by atoms with van der Waals surface area (Å²) in [5.41, 5.74) is 16.3. The number of para-hydroxylation sites is 3. The van der Waals surface area contributed by atoms with Gasteiger partial charge in [0.05, 0.1) is 16.7 Å². The van der Waals surface area contributed by atoms with Crippen molar-refractivity contribution < 1.29 is 0 Å². The summed E-state index contributed by atoms with van der Waals surface area (Å²) in [7, 11) is 0. The number of hydrogen-bond donors (Lipinski definition) is 0. The lowest BCUT2D eigenvalue weighted by Crippen LogP contribution is -2.11. The van der Waals surface area contributed by atoms with E-state index in [1.165, 1.54) is 82.3 Å². The molecule has 0 radical (unpaired) electrons. The molecule has 64 heavy (non-hydrogen) atoms. The van der Waals surface area contributed by atoms with Gasteiger partial charge >= 0.3 is 0 Å². The molecule has 12 aromatic rings. The van der Waals surface area contributed by atoms with Crippen molar-refractivity contribution in [3.8, 4) is 50.2 Å². The molecule has 0 amide bonds. The molecule has 0 saturated heterocycles. The van der Waals surface area contributed by atoms with Gasteiger partial charge in [-0.15, -0.1) is 0 Å². The van der Waals surface area contributed by atoms with E-state index in [1.807, 2.05) is 0 Å². The lowest BCUT2D eigenvalue weighted by atomic mass is 9.92. The average molecular weight is 815 g/mol. The third kappa shape index (κ3) is 6.52. The van der Waals surface area contributed by atoms with Crippen LogP contribution in [-0.4, -0.2) is 4.57 Å². The Hall–Kier alpha value is -8.46. The number of anilines is 3. The molecule has 0 aliphatic rings. The fourth-order valence-electron chi connectivity index (χ4n) is 9.78. The number of aromatic nitrogens is 1. The smallest absolute Gasteiger partial charge is 0.0541 e. The van der Waals surface area contributed by atoms with Crippen molar-refractivity contribution in [2.75, 3.05) is 4.90 Å². The molecule has 0 N–H and O–H groups in total. The Balaban J connectivity index is 1.03. The Morgan fingerprint density at radius 3 is 1.72 bits per heavy atom. The molecule has 1 heterocycles. The van der Waals surface area contributed by atoms with Crippen LogP contribution < -0.4 is 4.90 Å². The van der Waals surface area contributed by atoms with Crippen LogP contribution in [0.2, 0.25) is 0 Å². The van der Waals surface area contributed by atoms with Gasteiger partial charge in [-0.05, 0) is 127 Å². The van der Waals surface area contributed by atoms with Gasteiger partial charge in [-0.25, -0.2) is 0 Å². The number of benzene rings is 11. The lowest BCUT2D eigenvalue weighted by molar-refractivity contribution is 1.18. The summed E-state index contributed by atoms with van der Waals surface area (Å²) in [5.74, 6) is 0. The van der Waals surface area contributed by atoms with Gasteiger partial charge < -0.3 is 9.47 Å². The zero-order valence-electron chi connectivity index (χ0n) is 35.1. The fourth-order valence-corrected chi connectivity index (χ4v) is 9.78. The first kappa shape index (κ1) is 37.3. The molecule has 0 bridgehead atoms. The van der Waals surface area contributed by atoms with E-state index in [2.05, 4.69) is 264 Å². The minimum Gasteiger partial charge on any atom is -0.310 e. The maximum Gasteiger partial charge on any atom is 0.0541 e. The van der Waals surface area contributed by atoms with Crippen molar-refractivity contribution in [3.63, 3.8) is 0 Å². The van der Waals surface area contributed by atoms with Crippen LogP contribution in [0.25, 0.3) is 93.5 Å². The molecule has 0 aliphatic heterocycles. The van der Waals surface area contributed by atoms with Crippen LogP contribution >= 0.6 is 0 Å². The van der Waals surface area contributed by atoms with E-state index < -0.39 is 0 Å². The molecule has 0 fully saturated rings. The molecule has 0 aliphatic carbocycles. The predicted molar refractivity (Wildman–Crippen MR) is 272 cm³/mol. The Morgan fingerprint density at radius 2 is 0.875 bits per heavy atom. The van der Waals surface area contributed by atoms with E-state index in [9.17, 15) is 0 Å². The van der Waals surface area contributed by atoms with Crippen LogP contribution in [0.1, 0.15) is 0 Å². The third-order valence-electron chi connectivity index (χ3n) is 12.7. The highest BCUT2D eigenvalue weighted by molar-refractivity contribution is 6.11. The van der Waals surface area contributed by atoms with Crippen molar-refractivity contribution in [3.05, 3.63) is 255 Å². The largest absolute Gasteiger partial charge is 0.310 e. The summed E-state index contributed by atoms with van der Waals surface area (Å²) in [6.45, 7) is 0. The maximum absolute atomic E-state index is 2.46. The molecule has 2 nitrogen and oxygen atoms in total. The summed E-state index contributed by atoms with van der Waals surface area (Å²) < 4.78 is 2.46. The standard InChI is InChI=1S/C62H42N2/c1-3-18-43(19-4-1)48-38-49(55-31-17-23-45-21-9-10-26-53(45)55)41-52(40-48)64-61-33-16-14-30-58(61)59-42-47(35-37-62(59)64)54-27-11-12-28-56(54)57-29-13-15-32-60(57)63(50-24-5-2-6-25-50)51-36-34-44-20-7-8-22-46(44)39-51/h1-42H. The van der Waals surface area contributed by atoms with Gasteiger partial charge in [0.1, 0.15) is 0 Å². The second kappa shape index (κ2) is 15.8. The molecule has 12 rings (SSSR count). The van der Waals surface area contributed by atoms with E-state index in [1.54, 1.807) is 0 Å². The van der Waals surface area contributed by atoms with Crippen LogP contribution in [0.3, 0.4) is 0 Å². The summed E-state index contributed by atoms with van der Waals surface area (Å²) in [5, 5.41) is 7.36. The van der Waals surface area contributed by atoms with E-state index in [0.717, 1.165) is 28.3 Å². The molecule has 1 aromatic heterocycles. The highest BCUT2D eigenvalue weighted by atomic mass is 15.1. The van der Waals surface area contributed by atoms with Crippen LogP contribution in [0.4, 0.5) is 17.1 Å². The minimum atomic E-state index is 1.11. The Kier molecular flexibility index (Phi) is 9.20. The predicted octanol–water partition coefficient (Wildman–Crippen LogP) is 17.2. The molecular formula is C62H42N2. The van der Waals surface area contributed by atoms with Crippen molar-refractivity contribution >= 4 is 60.4 Å². The van der Waals surface area contributed by atoms with Crippen LogP contribution in [-0.2, 0) is 0 Å². The van der Waals surface area contributed by atoms with Crippen molar-refractivity contribution in [1.29, 1.82) is 0 Å². The molecule has 0 saturated carbocycles. The van der Waals surface area contributed by atoms with Crippen LogP contribution in [0.15, 0.2) is 255 Å². The average Bonchev–Trinajstić information content (AvgIpc) is 3.70. The van der Waals surface area contributed by atoms with Crippen LogP contribution in [0.5, 0.6) is 0 Å². The molecule has 11 aromatic carbocycles.